The first kappa shape index (κ1) is 59.8. The first-order chi connectivity index (χ1) is 31.5. The van der Waals surface area contributed by atoms with Crippen molar-refractivity contribution in [2.45, 2.75) is 213 Å². The molecule has 0 saturated heterocycles. The first-order valence-electron chi connectivity index (χ1n) is 25.5. The molecule has 0 amide bonds. The molecule has 0 aromatic rings. The van der Waals surface area contributed by atoms with Gasteiger partial charge in [0, 0.05) is 19.3 Å². The molecule has 0 saturated carbocycles. The number of carbonyl (C=O) groups is 3. The summed E-state index contributed by atoms with van der Waals surface area (Å²) in [6, 6.07) is 0. The number of unbranched alkanes of at least 4 members (excludes halogenated alkanes) is 13. The van der Waals surface area contributed by atoms with E-state index in [2.05, 4.69) is 124 Å². The summed E-state index contributed by atoms with van der Waals surface area (Å²) < 4.78 is 16.6. The highest BCUT2D eigenvalue weighted by molar-refractivity contribution is 5.71. The minimum Gasteiger partial charge on any atom is -0.462 e. The average Bonchev–Trinajstić information content (AvgIpc) is 3.29. The number of allylic oxidation sites excluding steroid dienone is 20. The maximum atomic E-state index is 12.8. The monoisotopic (exact) mass is 885 g/mol. The van der Waals surface area contributed by atoms with Gasteiger partial charge in [0.2, 0.25) is 0 Å². The third-order valence-corrected chi connectivity index (χ3v) is 10.2. The van der Waals surface area contributed by atoms with Crippen molar-refractivity contribution in [3.63, 3.8) is 0 Å². The van der Waals surface area contributed by atoms with Gasteiger partial charge in [-0.3, -0.25) is 14.4 Å². The van der Waals surface area contributed by atoms with E-state index in [0.29, 0.717) is 12.8 Å². The molecule has 360 valence electrons. The van der Waals surface area contributed by atoms with Crippen molar-refractivity contribution >= 4 is 17.9 Å². The SMILES string of the molecule is CC/C=C/C/C=C/C/C=C/C/C=C/C/C=C/C/C=C/CCC(=O)OCC(COC(=O)CC/C=C/C/C=C/CCCCCCCC)OC(=O)CCCCCCCCC/C=C/C/C=C/CC. The minimum atomic E-state index is -0.838. The summed E-state index contributed by atoms with van der Waals surface area (Å²) in [7, 11) is 0. The molecule has 0 aliphatic rings. The second-order valence-corrected chi connectivity index (χ2v) is 16.3. The predicted molar refractivity (Wildman–Crippen MR) is 274 cm³/mol. The molecule has 6 nitrogen and oxygen atoms in total. The van der Waals surface area contributed by atoms with E-state index in [1.54, 1.807) is 0 Å². The van der Waals surface area contributed by atoms with Gasteiger partial charge >= 0.3 is 17.9 Å². The highest BCUT2D eigenvalue weighted by Crippen LogP contribution is 2.12. The number of hydrogen-bond donors (Lipinski definition) is 0. The molecule has 64 heavy (non-hydrogen) atoms. The van der Waals surface area contributed by atoms with Gasteiger partial charge in [-0.15, -0.1) is 0 Å². The Hall–Kier alpha value is -4.19. The van der Waals surface area contributed by atoms with Crippen molar-refractivity contribution < 1.29 is 28.6 Å². The normalized spacial score (nSPS) is 13.1. The standard InChI is InChI=1S/C58H92O6/c1-4-7-10-13-16-19-22-25-27-28-29-30-31-34-36-39-42-45-48-51-57(60)63-54-55(53-62-56(59)50-47-44-41-38-35-32-24-21-18-15-12-9-6-3)64-58(61)52-49-46-43-40-37-33-26-23-20-17-14-11-8-5-2/h7-8,10-11,16-17,19-20,25,27,29-30,32,34-36,41-42,44-45,55H,4-6,9,12-15,18,21-24,26,28,31,33,37-40,43,46-54H2,1-3H3/b10-7+,11-8+,19-16+,20-17+,27-25+,30-29+,35-32+,36-34+,44-41+,45-42+. The summed E-state index contributed by atoms with van der Waals surface area (Å²) in [6.45, 7) is 6.26. The van der Waals surface area contributed by atoms with Gasteiger partial charge in [0.25, 0.3) is 0 Å². The second kappa shape index (κ2) is 51.4. The van der Waals surface area contributed by atoms with Gasteiger partial charge in [0.05, 0.1) is 0 Å². The van der Waals surface area contributed by atoms with Crippen LogP contribution in [0.25, 0.3) is 0 Å². The zero-order valence-electron chi connectivity index (χ0n) is 41.0. The number of ether oxygens (including phenoxy) is 3. The van der Waals surface area contributed by atoms with Crippen LogP contribution in [0.5, 0.6) is 0 Å². The second-order valence-electron chi connectivity index (χ2n) is 16.3. The Morgan fingerprint density at radius 3 is 1.02 bits per heavy atom. The van der Waals surface area contributed by atoms with Gasteiger partial charge in [0.1, 0.15) is 13.2 Å². The van der Waals surface area contributed by atoms with Crippen LogP contribution >= 0.6 is 0 Å². The van der Waals surface area contributed by atoms with Crippen molar-refractivity contribution in [3.05, 3.63) is 122 Å². The lowest BCUT2D eigenvalue weighted by Crippen LogP contribution is -2.30. The van der Waals surface area contributed by atoms with Gasteiger partial charge in [-0.05, 0) is 103 Å². The molecule has 0 aromatic heterocycles. The summed E-state index contributed by atoms with van der Waals surface area (Å²) in [5, 5.41) is 0. The maximum absolute atomic E-state index is 12.8. The lowest BCUT2D eigenvalue weighted by Gasteiger charge is -2.18. The van der Waals surface area contributed by atoms with Crippen molar-refractivity contribution in [3.8, 4) is 0 Å². The fraction of sp³-hybridized carbons (Fsp3) is 0.603. The van der Waals surface area contributed by atoms with Crippen LogP contribution in [-0.4, -0.2) is 37.2 Å². The van der Waals surface area contributed by atoms with Crippen LogP contribution in [0.4, 0.5) is 0 Å². The van der Waals surface area contributed by atoms with Gasteiger partial charge in [0.15, 0.2) is 6.10 Å². The minimum absolute atomic E-state index is 0.138. The highest BCUT2D eigenvalue weighted by Gasteiger charge is 2.19. The highest BCUT2D eigenvalue weighted by atomic mass is 16.6. The van der Waals surface area contributed by atoms with Gasteiger partial charge in [-0.2, -0.15) is 0 Å². The van der Waals surface area contributed by atoms with E-state index in [1.165, 1.54) is 57.8 Å². The molecule has 1 atom stereocenters. The Labute approximate surface area is 392 Å². The number of carbonyl (C=O) groups excluding carboxylic acids is 3. The fourth-order valence-corrected chi connectivity index (χ4v) is 6.44. The first-order valence-corrected chi connectivity index (χ1v) is 25.5. The van der Waals surface area contributed by atoms with Crippen LogP contribution in [0.1, 0.15) is 207 Å². The zero-order valence-corrected chi connectivity index (χ0v) is 41.0. The Morgan fingerprint density at radius 1 is 0.328 bits per heavy atom. The summed E-state index contributed by atoms with van der Waals surface area (Å²) >= 11 is 0. The van der Waals surface area contributed by atoms with E-state index in [-0.39, 0.29) is 50.4 Å². The van der Waals surface area contributed by atoms with E-state index in [0.717, 1.165) is 96.3 Å². The van der Waals surface area contributed by atoms with E-state index in [1.807, 2.05) is 18.2 Å². The number of rotatable bonds is 44. The Bertz CT molecular complexity index is 1390. The largest absolute Gasteiger partial charge is 0.462 e. The van der Waals surface area contributed by atoms with Crippen LogP contribution in [0, 0.1) is 0 Å². The molecule has 0 rings (SSSR count). The van der Waals surface area contributed by atoms with Crippen molar-refractivity contribution in [1.29, 1.82) is 0 Å². The Kier molecular flexibility index (Phi) is 48.1. The third-order valence-electron chi connectivity index (χ3n) is 10.2. The van der Waals surface area contributed by atoms with Crippen molar-refractivity contribution in [1.82, 2.24) is 0 Å². The fourth-order valence-electron chi connectivity index (χ4n) is 6.44. The molecule has 0 aliphatic heterocycles. The average molecular weight is 885 g/mol. The summed E-state index contributed by atoms with van der Waals surface area (Å²) in [5.41, 5.74) is 0. The molecular weight excluding hydrogens is 793 g/mol. The lowest BCUT2D eigenvalue weighted by molar-refractivity contribution is -0.166. The smallest absolute Gasteiger partial charge is 0.306 e. The lowest BCUT2D eigenvalue weighted by atomic mass is 10.1. The van der Waals surface area contributed by atoms with E-state index in [4.69, 9.17) is 14.2 Å². The van der Waals surface area contributed by atoms with E-state index < -0.39 is 6.10 Å². The molecule has 0 N–H and O–H groups in total. The van der Waals surface area contributed by atoms with Gasteiger partial charge in [-0.25, -0.2) is 0 Å². The van der Waals surface area contributed by atoms with Crippen LogP contribution in [0.15, 0.2) is 122 Å². The van der Waals surface area contributed by atoms with Gasteiger partial charge < -0.3 is 14.2 Å². The Balaban J connectivity index is 4.58. The molecule has 0 aliphatic carbocycles. The molecule has 1 unspecified atom stereocenters. The Morgan fingerprint density at radius 2 is 0.641 bits per heavy atom. The summed E-state index contributed by atoms with van der Waals surface area (Å²) in [4.78, 5) is 37.9. The van der Waals surface area contributed by atoms with Crippen LogP contribution in [-0.2, 0) is 28.6 Å². The summed E-state index contributed by atoms with van der Waals surface area (Å²) in [6.07, 6.45) is 70.6. The molecule has 0 spiro atoms. The quantitative estimate of drug-likeness (QED) is 0.0262. The molecular formula is C58H92O6. The molecule has 0 radical (unpaired) electrons. The number of hydrogen-bond acceptors (Lipinski definition) is 6. The zero-order chi connectivity index (χ0) is 46.5. The molecule has 0 heterocycles. The van der Waals surface area contributed by atoms with Crippen molar-refractivity contribution in [2.75, 3.05) is 13.2 Å². The van der Waals surface area contributed by atoms with Crippen LogP contribution in [0.3, 0.4) is 0 Å². The topological polar surface area (TPSA) is 78.9 Å². The molecule has 0 bridgehead atoms. The van der Waals surface area contributed by atoms with Crippen LogP contribution < -0.4 is 0 Å². The number of esters is 3. The molecule has 0 fully saturated rings. The predicted octanol–water partition coefficient (Wildman–Crippen LogP) is 16.9. The third kappa shape index (κ3) is 48.8. The van der Waals surface area contributed by atoms with Crippen LogP contribution in [0.2, 0.25) is 0 Å². The molecule has 6 heteroatoms. The van der Waals surface area contributed by atoms with E-state index >= 15 is 0 Å². The van der Waals surface area contributed by atoms with Gasteiger partial charge in [-0.1, -0.05) is 206 Å². The maximum Gasteiger partial charge on any atom is 0.306 e. The molecule has 0 aromatic carbocycles. The van der Waals surface area contributed by atoms with E-state index in [9.17, 15) is 14.4 Å². The summed E-state index contributed by atoms with van der Waals surface area (Å²) in [5.74, 6) is -1.10. The van der Waals surface area contributed by atoms with Crippen molar-refractivity contribution in [2.24, 2.45) is 0 Å².